The SMILES string of the molecule is O=[C]CNC(=O)OCc1ccc([N+](=O)[O-])cc1. The number of ether oxygens (including phenoxy) is 1. The zero-order valence-electron chi connectivity index (χ0n) is 8.71. The third-order valence-electron chi connectivity index (χ3n) is 1.82. The maximum atomic E-state index is 10.9. The normalized spacial score (nSPS) is 9.41. The molecule has 0 spiro atoms. The van der Waals surface area contributed by atoms with Crippen LogP contribution in [0.4, 0.5) is 10.5 Å². The quantitative estimate of drug-likeness (QED) is 0.606. The molecule has 7 heteroatoms. The van der Waals surface area contributed by atoms with Crippen LogP contribution in [0.2, 0.25) is 0 Å². The minimum Gasteiger partial charge on any atom is -0.445 e. The maximum absolute atomic E-state index is 10.9. The molecule has 0 saturated carbocycles. The molecule has 1 aromatic rings. The van der Waals surface area contributed by atoms with Gasteiger partial charge in [0.25, 0.3) is 5.69 Å². The number of hydrogen-bond acceptors (Lipinski definition) is 5. The molecular formula is C10H9N2O5. The number of hydrogen-bond donors (Lipinski definition) is 1. The minimum absolute atomic E-state index is 0.0251. The fourth-order valence-corrected chi connectivity index (χ4v) is 1.02. The monoisotopic (exact) mass is 237 g/mol. The number of nitrogens with zero attached hydrogens (tertiary/aromatic N) is 1. The fourth-order valence-electron chi connectivity index (χ4n) is 1.02. The van der Waals surface area contributed by atoms with Crippen LogP contribution in [0.3, 0.4) is 0 Å². The standard InChI is InChI=1S/C10H9N2O5/c13-6-5-11-10(14)17-7-8-1-3-9(4-2-8)12(15)16/h1-4H,5,7H2,(H,11,14). The fraction of sp³-hybridized carbons (Fsp3) is 0.200. The van der Waals surface area contributed by atoms with Crippen molar-refractivity contribution >= 4 is 18.1 Å². The lowest BCUT2D eigenvalue weighted by molar-refractivity contribution is -0.384. The van der Waals surface area contributed by atoms with Gasteiger partial charge in [0.1, 0.15) is 6.61 Å². The summed E-state index contributed by atoms with van der Waals surface area (Å²) >= 11 is 0. The number of carbonyl (C=O) groups is 1. The number of nitro benzene ring substituents is 1. The van der Waals surface area contributed by atoms with Gasteiger partial charge in [-0.3, -0.25) is 14.9 Å². The summed E-state index contributed by atoms with van der Waals surface area (Å²) in [4.78, 5) is 30.6. The number of non-ortho nitro benzene ring substituents is 1. The molecule has 0 aliphatic carbocycles. The van der Waals surface area contributed by atoms with Crippen LogP contribution in [0.1, 0.15) is 5.56 Å². The van der Waals surface area contributed by atoms with Gasteiger partial charge in [-0.2, -0.15) is 0 Å². The number of carbonyl (C=O) groups excluding carboxylic acids is 2. The van der Waals surface area contributed by atoms with E-state index in [0.717, 1.165) is 0 Å². The molecule has 1 amide bonds. The van der Waals surface area contributed by atoms with Crippen molar-refractivity contribution in [3.8, 4) is 0 Å². The van der Waals surface area contributed by atoms with E-state index in [4.69, 9.17) is 4.74 Å². The Morgan fingerprint density at radius 2 is 2.06 bits per heavy atom. The molecule has 1 radical (unpaired) electrons. The van der Waals surface area contributed by atoms with E-state index in [0.29, 0.717) is 5.56 Å². The van der Waals surface area contributed by atoms with Gasteiger partial charge in [0.15, 0.2) is 0 Å². The summed E-state index contributed by atoms with van der Waals surface area (Å²) in [5.41, 5.74) is 0.578. The third-order valence-corrected chi connectivity index (χ3v) is 1.82. The van der Waals surface area contributed by atoms with Crippen LogP contribution in [0.25, 0.3) is 0 Å². The summed E-state index contributed by atoms with van der Waals surface area (Å²) in [6.45, 7) is -0.262. The van der Waals surface area contributed by atoms with E-state index in [-0.39, 0.29) is 18.8 Å². The van der Waals surface area contributed by atoms with Crippen LogP contribution in [0.5, 0.6) is 0 Å². The number of nitrogens with one attached hydrogen (secondary N) is 1. The number of benzene rings is 1. The molecule has 0 saturated heterocycles. The lowest BCUT2D eigenvalue weighted by Gasteiger charge is -2.04. The van der Waals surface area contributed by atoms with E-state index >= 15 is 0 Å². The molecular weight excluding hydrogens is 228 g/mol. The highest BCUT2D eigenvalue weighted by Crippen LogP contribution is 2.12. The molecule has 0 fully saturated rings. The van der Waals surface area contributed by atoms with E-state index in [9.17, 15) is 19.7 Å². The Bertz CT molecular complexity index is 415. The van der Waals surface area contributed by atoms with Crippen molar-refractivity contribution in [3.05, 3.63) is 39.9 Å². The molecule has 1 rings (SSSR count). The largest absolute Gasteiger partial charge is 0.445 e. The average molecular weight is 237 g/mol. The predicted octanol–water partition coefficient (Wildman–Crippen LogP) is 0.931. The number of nitro groups is 1. The number of amides is 1. The second-order valence-corrected chi connectivity index (χ2v) is 3.00. The van der Waals surface area contributed by atoms with Gasteiger partial charge in [0.2, 0.25) is 6.29 Å². The minimum atomic E-state index is -0.744. The summed E-state index contributed by atoms with van der Waals surface area (Å²) in [5.74, 6) is 0. The average Bonchev–Trinajstić information content (AvgIpc) is 2.34. The van der Waals surface area contributed by atoms with Crippen molar-refractivity contribution in [1.29, 1.82) is 0 Å². The molecule has 0 aliphatic rings. The number of alkyl carbamates (subject to hydrolysis) is 1. The molecule has 89 valence electrons. The van der Waals surface area contributed by atoms with Crippen molar-refractivity contribution < 1.29 is 19.2 Å². The van der Waals surface area contributed by atoms with Crippen molar-refractivity contribution in [1.82, 2.24) is 5.32 Å². The van der Waals surface area contributed by atoms with Gasteiger partial charge < -0.3 is 10.1 Å². The van der Waals surface area contributed by atoms with Crippen LogP contribution < -0.4 is 5.32 Å². The van der Waals surface area contributed by atoms with Crippen molar-refractivity contribution in [3.63, 3.8) is 0 Å². The molecule has 7 nitrogen and oxygen atoms in total. The van der Waals surface area contributed by atoms with Crippen molar-refractivity contribution in [2.45, 2.75) is 6.61 Å². The first-order valence-electron chi connectivity index (χ1n) is 4.62. The highest BCUT2D eigenvalue weighted by molar-refractivity contribution is 5.71. The van der Waals surface area contributed by atoms with E-state index in [1.807, 2.05) is 0 Å². The van der Waals surface area contributed by atoms with Gasteiger partial charge in [0, 0.05) is 12.1 Å². The molecule has 1 aromatic carbocycles. The number of rotatable bonds is 5. The van der Waals surface area contributed by atoms with Crippen LogP contribution in [0.15, 0.2) is 24.3 Å². The molecule has 17 heavy (non-hydrogen) atoms. The van der Waals surface area contributed by atoms with Crippen molar-refractivity contribution in [2.75, 3.05) is 6.54 Å². The third kappa shape index (κ3) is 4.29. The van der Waals surface area contributed by atoms with Gasteiger partial charge in [-0.1, -0.05) is 0 Å². The first-order chi connectivity index (χ1) is 8.13. The van der Waals surface area contributed by atoms with Gasteiger partial charge >= 0.3 is 6.09 Å². The highest BCUT2D eigenvalue weighted by Gasteiger charge is 2.05. The zero-order valence-corrected chi connectivity index (χ0v) is 8.71. The van der Waals surface area contributed by atoms with Crippen LogP contribution in [0, 0.1) is 10.1 Å². The van der Waals surface area contributed by atoms with Crippen molar-refractivity contribution in [2.24, 2.45) is 0 Å². The van der Waals surface area contributed by atoms with E-state index in [2.05, 4.69) is 5.32 Å². The molecule has 0 atom stereocenters. The van der Waals surface area contributed by atoms with Gasteiger partial charge in [0.05, 0.1) is 11.5 Å². The van der Waals surface area contributed by atoms with E-state index in [1.54, 1.807) is 0 Å². The molecule has 1 N–H and O–H groups in total. The lowest BCUT2D eigenvalue weighted by Crippen LogP contribution is -2.25. The smallest absolute Gasteiger partial charge is 0.407 e. The Morgan fingerprint density at radius 1 is 1.41 bits per heavy atom. The summed E-state index contributed by atoms with van der Waals surface area (Å²) in [6.07, 6.45) is 0.736. The predicted molar refractivity (Wildman–Crippen MR) is 57.0 cm³/mol. The topological polar surface area (TPSA) is 98.5 Å². The van der Waals surface area contributed by atoms with Crippen LogP contribution in [-0.4, -0.2) is 23.8 Å². The van der Waals surface area contributed by atoms with Gasteiger partial charge in [-0.25, -0.2) is 4.79 Å². The van der Waals surface area contributed by atoms with E-state index < -0.39 is 11.0 Å². The Balaban J connectivity index is 2.44. The summed E-state index contributed by atoms with van der Waals surface area (Å²) in [7, 11) is 0. The Hall–Kier alpha value is -2.44. The molecule has 0 aliphatic heterocycles. The maximum Gasteiger partial charge on any atom is 0.407 e. The Labute approximate surface area is 96.5 Å². The summed E-state index contributed by atoms with van der Waals surface area (Å²) in [5, 5.41) is 12.5. The zero-order chi connectivity index (χ0) is 12.7. The summed E-state index contributed by atoms with van der Waals surface area (Å²) < 4.78 is 4.73. The van der Waals surface area contributed by atoms with Crippen LogP contribution >= 0.6 is 0 Å². The molecule has 0 bridgehead atoms. The van der Waals surface area contributed by atoms with E-state index in [1.165, 1.54) is 30.6 Å². The second-order valence-electron chi connectivity index (χ2n) is 3.00. The second kappa shape index (κ2) is 6.21. The highest BCUT2D eigenvalue weighted by atomic mass is 16.6. The molecule has 0 unspecified atom stereocenters. The lowest BCUT2D eigenvalue weighted by atomic mass is 10.2. The van der Waals surface area contributed by atoms with Gasteiger partial charge in [-0.15, -0.1) is 0 Å². The van der Waals surface area contributed by atoms with Crippen LogP contribution in [-0.2, 0) is 16.1 Å². The Kier molecular flexibility index (Phi) is 4.61. The first-order valence-corrected chi connectivity index (χ1v) is 4.62. The molecule has 0 aromatic heterocycles. The first kappa shape index (κ1) is 12.6. The summed E-state index contributed by atoms with van der Waals surface area (Å²) in [6, 6.07) is 5.60. The van der Waals surface area contributed by atoms with Gasteiger partial charge in [-0.05, 0) is 17.7 Å². The molecule has 0 heterocycles. The Morgan fingerprint density at radius 3 is 2.59 bits per heavy atom.